The molecule has 1 aromatic carbocycles. The third kappa shape index (κ3) is 2.57. The highest BCUT2D eigenvalue weighted by molar-refractivity contribution is 7.18. The molecular weight excluding hydrogens is 376 g/mol. The second kappa shape index (κ2) is 6.31. The number of hydrogen-bond acceptors (Lipinski definition) is 6. The third-order valence-electron chi connectivity index (χ3n) is 5.36. The fourth-order valence-electron chi connectivity index (χ4n) is 3.92. The quantitative estimate of drug-likeness (QED) is 0.521. The number of thiophene rings is 1. The first-order chi connectivity index (χ1) is 13.5. The van der Waals surface area contributed by atoms with Crippen LogP contribution < -0.4 is 15.9 Å². The van der Waals surface area contributed by atoms with E-state index in [9.17, 15) is 9.59 Å². The van der Waals surface area contributed by atoms with Crippen molar-refractivity contribution in [3.63, 3.8) is 0 Å². The molecule has 0 radical (unpaired) electrons. The molecule has 0 saturated heterocycles. The summed E-state index contributed by atoms with van der Waals surface area (Å²) < 4.78 is 10.7. The van der Waals surface area contributed by atoms with Crippen molar-refractivity contribution in [1.29, 1.82) is 0 Å². The Bertz CT molecular complexity index is 1350. The minimum absolute atomic E-state index is 0.197. The number of rotatable bonds is 2. The molecule has 0 aliphatic heterocycles. The molecule has 0 bridgehead atoms. The van der Waals surface area contributed by atoms with Crippen molar-refractivity contribution in [1.82, 2.24) is 9.97 Å². The standard InChI is InChI=1S/C21H18N2O4S/c1-10-6-7-12-15(8-10)28-20-16(12)19(24)22-18(23-20)13-9-11-4-3-5-14(26-2)17(11)27-21(13)25/h3-5,9-10H,6-8H2,1-2H3,(H,22,23,24). The van der Waals surface area contributed by atoms with E-state index < -0.39 is 5.63 Å². The first-order valence-electron chi connectivity index (χ1n) is 9.21. The Morgan fingerprint density at radius 2 is 2.18 bits per heavy atom. The van der Waals surface area contributed by atoms with Crippen molar-refractivity contribution in [2.45, 2.75) is 26.2 Å². The molecule has 0 amide bonds. The molecule has 1 unspecified atom stereocenters. The highest BCUT2D eigenvalue weighted by Gasteiger charge is 2.24. The lowest BCUT2D eigenvalue weighted by molar-refractivity contribution is 0.407. The van der Waals surface area contributed by atoms with E-state index in [1.54, 1.807) is 23.5 Å². The van der Waals surface area contributed by atoms with Gasteiger partial charge in [-0.1, -0.05) is 19.1 Å². The van der Waals surface area contributed by atoms with Crippen LogP contribution >= 0.6 is 11.3 Å². The minimum atomic E-state index is -0.561. The Morgan fingerprint density at radius 1 is 1.32 bits per heavy atom. The summed E-state index contributed by atoms with van der Waals surface area (Å²) in [7, 11) is 1.52. The number of hydrogen-bond donors (Lipinski definition) is 1. The first kappa shape index (κ1) is 17.2. The second-order valence-corrected chi connectivity index (χ2v) is 8.36. The van der Waals surface area contributed by atoms with Crippen LogP contribution in [0.25, 0.3) is 32.6 Å². The smallest absolute Gasteiger partial charge is 0.347 e. The van der Waals surface area contributed by atoms with Gasteiger partial charge in [0.1, 0.15) is 16.2 Å². The van der Waals surface area contributed by atoms with E-state index in [2.05, 4.69) is 16.9 Å². The Balaban J connectivity index is 1.73. The predicted octanol–water partition coefficient (Wildman–Crippen LogP) is 3.89. The number of nitrogens with one attached hydrogen (secondary N) is 1. The molecule has 1 N–H and O–H groups in total. The van der Waals surface area contributed by atoms with Crippen LogP contribution in [0.2, 0.25) is 0 Å². The molecule has 1 aliphatic carbocycles. The van der Waals surface area contributed by atoms with Crippen LogP contribution in [0.4, 0.5) is 0 Å². The van der Waals surface area contributed by atoms with E-state index >= 15 is 0 Å². The lowest BCUT2D eigenvalue weighted by atomic mass is 9.89. The third-order valence-corrected chi connectivity index (χ3v) is 6.51. The Kier molecular flexibility index (Phi) is 3.87. The van der Waals surface area contributed by atoms with Crippen LogP contribution in [0.3, 0.4) is 0 Å². The second-order valence-electron chi connectivity index (χ2n) is 7.27. The van der Waals surface area contributed by atoms with Crippen molar-refractivity contribution in [3.8, 4) is 17.1 Å². The summed E-state index contributed by atoms with van der Waals surface area (Å²) in [5, 5.41) is 1.37. The molecule has 6 nitrogen and oxygen atoms in total. The van der Waals surface area contributed by atoms with Gasteiger partial charge in [-0.25, -0.2) is 9.78 Å². The predicted molar refractivity (Wildman–Crippen MR) is 109 cm³/mol. The monoisotopic (exact) mass is 394 g/mol. The molecule has 0 saturated carbocycles. The lowest BCUT2D eigenvalue weighted by Crippen LogP contribution is -2.15. The highest BCUT2D eigenvalue weighted by Crippen LogP contribution is 2.36. The molecule has 0 fully saturated rings. The summed E-state index contributed by atoms with van der Waals surface area (Å²) in [5.41, 5.74) is 0.975. The van der Waals surface area contributed by atoms with Crippen LogP contribution in [-0.4, -0.2) is 17.1 Å². The Hall–Kier alpha value is -2.93. The number of nitrogens with zero attached hydrogens (tertiary/aromatic N) is 1. The molecule has 1 aliphatic rings. The maximum Gasteiger partial charge on any atom is 0.347 e. The van der Waals surface area contributed by atoms with Gasteiger partial charge in [-0.2, -0.15) is 0 Å². The largest absolute Gasteiger partial charge is 0.493 e. The molecular formula is C21H18N2O4S. The van der Waals surface area contributed by atoms with Gasteiger partial charge in [-0.05, 0) is 42.9 Å². The Morgan fingerprint density at radius 3 is 3.00 bits per heavy atom. The Labute approximate surface area is 163 Å². The van der Waals surface area contributed by atoms with Crippen LogP contribution in [0.5, 0.6) is 5.75 Å². The van der Waals surface area contributed by atoms with E-state index in [1.165, 1.54) is 12.0 Å². The molecule has 5 rings (SSSR count). The number of ether oxygens (including phenoxy) is 1. The normalized spacial score (nSPS) is 16.4. The summed E-state index contributed by atoms with van der Waals surface area (Å²) in [4.78, 5) is 34.8. The summed E-state index contributed by atoms with van der Waals surface area (Å²) >= 11 is 1.56. The molecule has 142 valence electrons. The van der Waals surface area contributed by atoms with Crippen molar-refractivity contribution in [2.24, 2.45) is 5.92 Å². The molecule has 28 heavy (non-hydrogen) atoms. The van der Waals surface area contributed by atoms with Crippen LogP contribution in [0.1, 0.15) is 23.8 Å². The number of aromatic nitrogens is 2. The number of H-pyrrole nitrogens is 1. The first-order valence-corrected chi connectivity index (χ1v) is 10.0. The molecule has 0 spiro atoms. The molecule has 4 aromatic rings. The van der Waals surface area contributed by atoms with Gasteiger partial charge in [0.2, 0.25) is 0 Å². The van der Waals surface area contributed by atoms with Gasteiger partial charge in [0, 0.05) is 10.3 Å². The van der Waals surface area contributed by atoms with Crippen molar-refractivity contribution in [2.75, 3.05) is 7.11 Å². The van der Waals surface area contributed by atoms with Crippen LogP contribution in [0, 0.1) is 5.92 Å². The van der Waals surface area contributed by atoms with Gasteiger partial charge in [0.15, 0.2) is 11.3 Å². The van der Waals surface area contributed by atoms with Crippen molar-refractivity contribution in [3.05, 3.63) is 55.5 Å². The van der Waals surface area contributed by atoms with Crippen molar-refractivity contribution < 1.29 is 9.15 Å². The van der Waals surface area contributed by atoms with Gasteiger partial charge in [-0.15, -0.1) is 11.3 Å². The zero-order valence-electron chi connectivity index (χ0n) is 15.5. The molecule has 3 heterocycles. The lowest BCUT2D eigenvalue weighted by Gasteiger charge is -2.17. The van der Waals surface area contributed by atoms with E-state index in [0.717, 1.165) is 24.8 Å². The summed E-state index contributed by atoms with van der Waals surface area (Å²) in [5.74, 6) is 1.34. The maximum absolute atomic E-state index is 12.8. The molecule has 1 atom stereocenters. The fourth-order valence-corrected chi connectivity index (χ4v) is 5.30. The fraction of sp³-hybridized carbons (Fsp3) is 0.286. The SMILES string of the molecule is COc1cccc2cc(-c3nc4sc5c(c4c(=O)[nH]3)CCC(C)C5)c(=O)oc12. The maximum atomic E-state index is 12.8. The molecule has 7 heteroatoms. The summed E-state index contributed by atoms with van der Waals surface area (Å²) in [6, 6.07) is 7.06. The van der Waals surface area contributed by atoms with E-state index in [-0.39, 0.29) is 16.9 Å². The number of fused-ring (bicyclic) bond motifs is 4. The zero-order chi connectivity index (χ0) is 19.4. The van der Waals surface area contributed by atoms with E-state index in [4.69, 9.17) is 9.15 Å². The highest BCUT2D eigenvalue weighted by atomic mass is 32.1. The average molecular weight is 394 g/mol. The summed E-state index contributed by atoms with van der Waals surface area (Å²) in [6.45, 7) is 2.23. The van der Waals surface area contributed by atoms with Crippen LogP contribution in [0.15, 0.2) is 38.3 Å². The number of benzene rings is 1. The average Bonchev–Trinajstić information content (AvgIpc) is 3.04. The minimum Gasteiger partial charge on any atom is -0.493 e. The number of aryl methyl sites for hydroxylation is 1. The number of para-hydroxylation sites is 1. The van der Waals surface area contributed by atoms with Gasteiger partial charge in [-0.3, -0.25) is 4.79 Å². The van der Waals surface area contributed by atoms with Crippen LogP contribution in [-0.2, 0) is 12.8 Å². The summed E-state index contributed by atoms with van der Waals surface area (Å²) in [6.07, 6.45) is 2.96. The van der Waals surface area contributed by atoms with Gasteiger partial charge >= 0.3 is 5.63 Å². The molecule has 3 aromatic heterocycles. The van der Waals surface area contributed by atoms with Crippen molar-refractivity contribution >= 4 is 32.5 Å². The number of methoxy groups -OCH3 is 1. The topological polar surface area (TPSA) is 85.2 Å². The zero-order valence-corrected chi connectivity index (χ0v) is 16.3. The van der Waals surface area contributed by atoms with E-state index in [1.807, 2.05) is 12.1 Å². The van der Waals surface area contributed by atoms with E-state index in [0.29, 0.717) is 32.9 Å². The van der Waals surface area contributed by atoms with Gasteiger partial charge in [0.05, 0.1) is 12.5 Å². The van der Waals surface area contributed by atoms with Gasteiger partial charge < -0.3 is 14.1 Å². The number of aromatic amines is 1. The van der Waals surface area contributed by atoms with Gasteiger partial charge in [0.25, 0.3) is 5.56 Å².